The molecular weight excluding hydrogens is 254 g/mol. The molecule has 0 unspecified atom stereocenters. The summed E-state index contributed by atoms with van der Waals surface area (Å²) in [6, 6.07) is 9.65. The van der Waals surface area contributed by atoms with Crippen LogP contribution in [0.25, 0.3) is 33.5 Å². The van der Waals surface area contributed by atoms with Gasteiger partial charge < -0.3 is 4.98 Å². The SMILES string of the molecule is O=c1[nH]c2cnc(-c3cccc4ncccc34)nc2[nH]1. The van der Waals surface area contributed by atoms with Gasteiger partial charge in [0, 0.05) is 17.1 Å². The Morgan fingerprint density at radius 2 is 1.95 bits per heavy atom. The Morgan fingerprint density at radius 1 is 1.00 bits per heavy atom. The summed E-state index contributed by atoms with van der Waals surface area (Å²) in [7, 11) is 0. The molecule has 0 aliphatic carbocycles. The average molecular weight is 263 g/mol. The van der Waals surface area contributed by atoms with E-state index in [0.717, 1.165) is 16.5 Å². The molecule has 0 aliphatic heterocycles. The van der Waals surface area contributed by atoms with Crippen LogP contribution >= 0.6 is 0 Å². The summed E-state index contributed by atoms with van der Waals surface area (Å²) in [6.07, 6.45) is 3.35. The molecule has 3 aromatic heterocycles. The van der Waals surface area contributed by atoms with E-state index in [-0.39, 0.29) is 5.69 Å². The molecule has 4 rings (SSSR count). The molecule has 0 fully saturated rings. The number of fused-ring (bicyclic) bond motifs is 2. The van der Waals surface area contributed by atoms with Crippen molar-refractivity contribution in [2.75, 3.05) is 0 Å². The van der Waals surface area contributed by atoms with Crippen LogP contribution in [0.2, 0.25) is 0 Å². The highest BCUT2D eigenvalue weighted by atomic mass is 16.1. The van der Waals surface area contributed by atoms with E-state index in [4.69, 9.17) is 0 Å². The van der Waals surface area contributed by atoms with Gasteiger partial charge in [0.15, 0.2) is 11.5 Å². The topological polar surface area (TPSA) is 87.3 Å². The number of imidazole rings is 1. The van der Waals surface area contributed by atoms with Crippen LogP contribution in [0.1, 0.15) is 0 Å². The summed E-state index contributed by atoms with van der Waals surface area (Å²) >= 11 is 0. The van der Waals surface area contributed by atoms with Gasteiger partial charge in [0.25, 0.3) is 0 Å². The van der Waals surface area contributed by atoms with Crippen molar-refractivity contribution in [1.29, 1.82) is 0 Å². The molecule has 0 aliphatic rings. The Morgan fingerprint density at radius 3 is 2.90 bits per heavy atom. The lowest BCUT2D eigenvalue weighted by atomic mass is 10.1. The molecule has 20 heavy (non-hydrogen) atoms. The molecule has 3 heterocycles. The molecule has 96 valence electrons. The molecule has 0 radical (unpaired) electrons. The number of nitrogens with one attached hydrogen (secondary N) is 2. The highest BCUT2D eigenvalue weighted by Crippen LogP contribution is 2.25. The number of pyridine rings is 1. The van der Waals surface area contributed by atoms with Crippen molar-refractivity contribution in [2.45, 2.75) is 0 Å². The van der Waals surface area contributed by atoms with Crippen molar-refractivity contribution in [3.63, 3.8) is 0 Å². The van der Waals surface area contributed by atoms with E-state index in [0.29, 0.717) is 17.0 Å². The van der Waals surface area contributed by atoms with Gasteiger partial charge in [-0.25, -0.2) is 14.8 Å². The first-order chi connectivity index (χ1) is 9.81. The number of hydrogen-bond donors (Lipinski definition) is 2. The van der Waals surface area contributed by atoms with Crippen molar-refractivity contribution in [1.82, 2.24) is 24.9 Å². The lowest BCUT2D eigenvalue weighted by Gasteiger charge is -2.04. The zero-order valence-electron chi connectivity index (χ0n) is 10.3. The van der Waals surface area contributed by atoms with E-state index in [2.05, 4.69) is 24.9 Å². The Kier molecular flexibility index (Phi) is 2.17. The summed E-state index contributed by atoms with van der Waals surface area (Å²) in [5.41, 5.74) is 2.58. The summed E-state index contributed by atoms with van der Waals surface area (Å²) in [5.74, 6) is 0.561. The fraction of sp³-hybridized carbons (Fsp3) is 0. The minimum atomic E-state index is -0.286. The van der Waals surface area contributed by atoms with E-state index in [1.54, 1.807) is 12.4 Å². The van der Waals surface area contributed by atoms with Crippen LogP contribution in [-0.4, -0.2) is 24.9 Å². The van der Waals surface area contributed by atoms with Gasteiger partial charge in [0.1, 0.15) is 5.52 Å². The van der Waals surface area contributed by atoms with Crippen LogP contribution in [0.3, 0.4) is 0 Å². The van der Waals surface area contributed by atoms with Crippen LogP contribution in [0.5, 0.6) is 0 Å². The number of H-pyrrole nitrogens is 2. The number of nitrogens with zero attached hydrogens (tertiary/aromatic N) is 3. The van der Waals surface area contributed by atoms with E-state index >= 15 is 0 Å². The van der Waals surface area contributed by atoms with E-state index < -0.39 is 0 Å². The van der Waals surface area contributed by atoms with Crippen LogP contribution in [0.4, 0.5) is 0 Å². The third kappa shape index (κ3) is 1.58. The number of rotatable bonds is 1. The van der Waals surface area contributed by atoms with Gasteiger partial charge in [-0.2, -0.15) is 0 Å². The van der Waals surface area contributed by atoms with Crippen molar-refractivity contribution < 1.29 is 0 Å². The van der Waals surface area contributed by atoms with Crippen molar-refractivity contribution in [3.8, 4) is 11.4 Å². The van der Waals surface area contributed by atoms with Gasteiger partial charge in [0.05, 0.1) is 11.7 Å². The number of benzene rings is 1. The molecule has 6 heteroatoms. The maximum atomic E-state index is 11.3. The first kappa shape index (κ1) is 10.9. The smallest absolute Gasteiger partial charge is 0.303 e. The standard InChI is InChI=1S/C14H9N5O/c20-14-17-11-7-16-12(18-13(11)19-14)9-3-1-5-10-8(9)4-2-6-15-10/h1-7H,(H2,16,17,18,19,20). The molecule has 0 saturated carbocycles. The third-order valence-electron chi connectivity index (χ3n) is 3.16. The fourth-order valence-corrected chi connectivity index (χ4v) is 2.26. The zero-order valence-corrected chi connectivity index (χ0v) is 10.3. The van der Waals surface area contributed by atoms with Gasteiger partial charge in [0.2, 0.25) is 0 Å². The maximum absolute atomic E-state index is 11.3. The Labute approximate surface area is 112 Å². The van der Waals surface area contributed by atoms with E-state index in [1.807, 2.05) is 30.3 Å². The molecule has 0 spiro atoms. The van der Waals surface area contributed by atoms with Crippen LogP contribution in [-0.2, 0) is 0 Å². The minimum Gasteiger partial charge on any atom is -0.303 e. The summed E-state index contributed by atoms with van der Waals surface area (Å²) in [6.45, 7) is 0. The largest absolute Gasteiger partial charge is 0.325 e. The van der Waals surface area contributed by atoms with Crippen molar-refractivity contribution in [3.05, 3.63) is 53.2 Å². The van der Waals surface area contributed by atoms with Crippen LogP contribution in [0, 0.1) is 0 Å². The molecule has 0 bridgehead atoms. The molecule has 0 amide bonds. The highest BCUT2D eigenvalue weighted by Gasteiger charge is 2.08. The normalized spacial score (nSPS) is 11.2. The highest BCUT2D eigenvalue weighted by molar-refractivity contribution is 5.93. The van der Waals surface area contributed by atoms with Crippen molar-refractivity contribution >= 4 is 22.1 Å². The second kappa shape index (κ2) is 3.99. The number of aromatic amines is 2. The molecular formula is C14H9N5O. The number of hydrogen-bond acceptors (Lipinski definition) is 4. The fourth-order valence-electron chi connectivity index (χ4n) is 2.26. The zero-order chi connectivity index (χ0) is 13.5. The van der Waals surface area contributed by atoms with E-state index in [9.17, 15) is 4.79 Å². The summed E-state index contributed by atoms with van der Waals surface area (Å²) < 4.78 is 0. The first-order valence-electron chi connectivity index (χ1n) is 6.10. The minimum absolute atomic E-state index is 0.286. The molecule has 2 N–H and O–H groups in total. The summed E-state index contributed by atoms with van der Waals surface area (Å²) in [5, 5.41) is 0.979. The molecule has 6 nitrogen and oxygen atoms in total. The lowest BCUT2D eigenvalue weighted by Crippen LogP contribution is -1.99. The van der Waals surface area contributed by atoms with Crippen LogP contribution < -0.4 is 5.69 Å². The predicted octanol–water partition coefficient (Wildman–Crippen LogP) is 1.86. The number of aromatic nitrogens is 5. The molecule has 0 atom stereocenters. The average Bonchev–Trinajstić information content (AvgIpc) is 2.85. The van der Waals surface area contributed by atoms with Crippen molar-refractivity contribution in [2.24, 2.45) is 0 Å². The monoisotopic (exact) mass is 263 g/mol. The van der Waals surface area contributed by atoms with Crippen LogP contribution in [0.15, 0.2) is 47.5 Å². The summed E-state index contributed by atoms with van der Waals surface area (Å²) in [4.78, 5) is 29.5. The Balaban J connectivity index is 2.03. The molecule has 0 saturated heterocycles. The van der Waals surface area contributed by atoms with E-state index in [1.165, 1.54) is 0 Å². The Bertz CT molecular complexity index is 980. The molecule has 4 aromatic rings. The second-order valence-corrected chi connectivity index (χ2v) is 4.41. The lowest BCUT2D eigenvalue weighted by molar-refractivity contribution is 1.19. The maximum Gasteiger partial charge on any atom is 0.325 e. The second-order valence-electron chi connectivity index (χ2n) is 4.41. The van der Waals surface area contributed by atoms with Gasteiger partial charge in [-0.15, -0.1) is 0 Å². The van der Waals surface area contributed by atoms with Gasteiger partial charge >= 0.3 is 5.69 Å². The molecule has 1 aromatic carbocycles. The third-order valence-corrected chi connectivity index (χ3v) is 3.16. The Hall–Kier alpha value is -3.02. The predicted molar refractivity (Wildman–Crippen MR) is 75.2 cm³/mol. The van der Waals surface area contributed by atoms with Gasteiger partial charge in [-0.3, -0.25) is 9.97 Å². The van der Waals surface area contributed by atoms with Gasteiger partial charge in [-0.05, 0) is 12.1 Å². The first-order valence-corrected chi connectivity index (χ1v) is 6.10. The quantitative estimate of drug-likeness (QED) is 0.548. The van der Waals surface area contributed by atoms with Gasteiger partial charge in [-0.1, -0.05) is 18.2 Å².